The van der Waals surface area contributed by atoms with Gasteiger partial charge in [-0.1, -0.05) is 43.7 Å². The van der Waals surface area contributed by atoms with Gasteiger partial charge < -0.3 is 10.6 Å². The molecule has 2 amide bonds. The van der Waals surface area contributed by atoms with Gasteiger partial charge in [-0.2, -0.15) is 0 Å². The predicted molar refractivity (Wildman–Crippen MR) is 75.5 cm³/mol. The van der Waals surface area contributed by atoms with E-state index in [1.165, 1.54) is 0 Å². The van der Waals surface area contributed by atoms with Crippen molar-refractivity contribution in [3.8, 4) is 0 Å². The smallest absolute Gasteiger partial charge is 0.239 e. The van der Waals surface area contributed by atoms with Crippen LogP contribution in [-0.2, 0) is 16.1 Å². The van der Waals surface area contributed by atoms with Crippen LogP contribution in [0.25, 0.3) is 0 Å². The summed E-state index contributed by atoms with van der Waals surface area (Å²) < 4.78 is 0. The van der Waals surface area contributed by atoms with E-state index in [2.05, 4.69) is 10.6 Å². The number of hydrogen-bond donors (Lipinski definition) is 2. The van der Waals surface area contributed by atoms with Gasteiger partial charge in [-0.3, -0.25) is 9.59 Å². The summed E-state index contributed by atoms with van der Waals surface area (Å²) in [7, 11) is 0. The van der Waals surface area contributed by atoms with E-state index >= 15 is 0 Å². The maximum Gasteiger partial charge on any atom is 0.239 e. The fourth-order valence-corrected chi connectivity index (χ4v) is 1.71. The zero-order chi connectivity index (χ0) is 14.3. The normalized spacial score (nSPS) is 10.3. The third kappa shape index (κ3) is 6.60. The maximum absolute atomic E-state index is 11.6. The van der Waals surface area contributed by atoms with E-state index in [4.69, 9.17) is 0 Å². The maximum atomic E-state index is 11.6. The molecular weight excluding hydrogens is 240 g/mol. The number of amides is 2. The first-order valence-corrected chi connectivity index (χ1v) is 6.56. The largest absolute Gasteiger partial charge is 0.350 e. The molecule has 0 aliphatic carbocycles. The monoisotopic (exact) mass is 262 g/mol. The highest BCUT2D eigenvalue weighted by Crippen LogP contribution is 2.03. The summed E-state index contributed by atoms with van der Waals surface area (Å²) in [6, 6.07) is 7.96. The minimum Gasteiger partial charge on any atom is -0.350 e. The van der Waals surface area contributed by atoms with Crippen molar-refractivity contribution >= 4 is 11.8 Å². The lowest BCUT2D eigenvalue weighted by Gasteiger charge is -2.08. The Morgan fingerprint density at radius 3 is 2.53 bits per heavy atom. The van der Waals surface area contributed by atoms with E-state index in [0.717, 1.165) is 11.1 Å². The average molecular weight is 262 g/mol. The Bertz CT molecular complexity index is 442. The van der Waals surface area contributed by atoms with E-state index in [1.54, 1.807) is 0 Å². The van der Waals surface area contributed by atoms with Crippen LogP contribution >= 0.6 is 0 Å². The van der Waals surface area contributed by atoms with Gasteiger partial charge in [0.1, 0.15) is 0 Å². The average Bonchev–Trinajstić information content (AvgIpc) is 2.33. The van der Waals surface area contributed by atoms with Gasteiger partial charge in [0.15, 0.2) is 0 Å². The zero-order valence-electron chi connectivity index (χ0n) is 11.8. The second-order valence-electron chi connectivity index (χ2n) is 5.14. The van der Waals surface area contributed by atoms with Crippen LogP contribution in [0.3, 0.4) is 0 Å². The Kier molecular flexibility index (Phi) is 6.06. The van der Waals surface area contributed by atoms with Crippen LogP contribution in [0.5, 0.6) is 0 Å². The van der Waals surface area contributed by atoms with Crippen molar-refractivity contribution in [2.75, 3.05) is 6.54 Å². The number of carbonyl (C=O) groups is 2. The van der Waals surface area contributed by atoms with Crippen molar-refractivity contribution < 1.29 is 9.59 Å². The lowest BCUT2D eigenvalue weighted by molar-refractivity contribution is -0.126. The number of hydrogen-bond acceptors (Lipinski definition) is 2. The number of rotatable bonds is 6. The molecule has 4 nitrogen and oxygen atoms in total. The van der Waals surface area contributed by atoms with E-state index in [-0.39, 0.29) is 18.4 Å². The number of carbonyl (C=O) groups excluding carboxylic acids is 2. The van der Waals surface area contributed by atoms with Crippen LogP contribution in [0.1, 0.15) is 31.4 Å². The van der Waals surface area contributed by atoms with Crippen LogP contribution in [0, 0.1) is 12.8 Å². The van der Waals surface area contributed by atoms with E-state index in [9.17, 15) is 9.59 Å². The highest BCUT2D eigenvalue weighted by molar-refractivity contribution is 5.84. The molecule has 0 radical (unpaired) electrons. The molecule has 1 rings (SSSR count). The molecule has 0 saturated heterocycles. The first kappa shape index (κ1) is 15.2. The van der Waals surface area contributed by atoms with Crippen molar-refractivity contribution in [3.05, 3.63) is 35.4 Å². The molecule has 0 aliphatic heterocycles. The van der Waals surface area contributed by atoms with Crippen LogP contribution in [0.2, 0.25) is 0 Å². The van der Waals surface area contributed by atoms with Crippen molar-refractivity contribution in [1.29, 1.82) is 0 Å². The Labute approximate surface area is 114 Å². The first-order chi connectivity index (χ1) is 8.97. The van der Waals surface area contributed by atoms with Crippen molar-refractivity contribution in [2.24, 2.45) is 5.92 Å². The standard InChI is InChI=1S/C15H22N2O2/c1-11(2)7-14(18)17-10-15(19)16-9-13-6-4-5-12(3)8-13/h4-6,8,11H,7,9-10H2,1-3H3,(H,16,19)(H,17,18). The number of aryl methyl sites for hydroxylation is 1. The molecule has 0 bridgehead atoms. The second-order valence-corrected chi connectivity index (χ2v) is 5.14. The zero-order valence-corrected chi connectivity index (χ0v) is 11.8. The minimum atomic E-state index is -0.168. The molecule has 1 aromatic rings. The van der Waals surface area contributed by atoms with Crippen LogP contribution in [-0.4, -0.2) is 18.4 Å². The minimum absolute atomic E-state index is 0.0391. The summed E-state index contributed by atoms with van der Waals surface area (Å²) in [4.78, 5) is 23.0. The topological polar surface area (TPSA) is 58.2 Å². The predicted octanol–water partition coefficient (Wildman–Crippen LogP) is 1.77. The highest BCUT2D eigenvalue weighted by atomic mass is 16.2. The Balaban J connectivity index is 2.26. The lowest BCUT2D eigenvalue weighted by Crippen LogP contribution is -2.36. The Morgan fingerprint density at radius 2 is 1.89 bits per heavy atom. The quantitative estimate of drug-likeness (QED) is 0.821. The highest BCUT2D eigenvalue weighted by Gasteiger charge is 2.07. The molecule has 0 aromatic heterocycles. The molecule has 2 N–H and O–H groups in total. The van der Waals surface area contributed by atoms with Gasteiger partial charge in [0.25, 0.3) is 0 Å². The summed E-state index contributed by atoms with van der Waals surface area (Å²) >= 11 is 0. The second kappa shape index (κ2) is 7.56. The molecule has 0 heterocycles. The van der Waals surface area contributed by atoms with E-state index in [0.29, 0.717) is 18.9 Å². The molecule has 0 unspecified atom stereocenters. The first-order valence-electron chi connectivity index (χ1n) is 6.56. The molecule has 19 heavy (non-hydrogen) atoms. The van der Waals surface area contributed by atoms with Gasteiger partial charge in [-0.05, 0) is 18.4 Å². The SMILES string of the molecule is Cc1cccc(CNC(=O)CNC(=O)CC(C)C)c1. The molecule has 0 saturated carbocycles. The van der Waals surface area contributed by atoms with E-state index in [1.807, 2.05) is 45.0 Å². The number of nitrogens with one attached hydrogen (secondary N) is 2. The molecule has 4 heteroatoms. The van der Waals surface area contributed by atoms with Crippen LogP contribution < -0.4 is 10.6 Å². The van der Waals surface area contributed by atoms with Crippen LogP contribution in [0.4, 0.5) is 0 Å². The fourth-order valence-electron chi connectivity index (χ4n) is 1.71. The summed E-state index contributed by atoms with van der Waals surface area (Å²) in [6.07, 6.45) is 0.450. The molecule has 0 spiro atoms. The molecular formula is C15H22N2O2. The Hall–Kier alpha value is -1.84. The molecule has 1 aromatic carbocycles. The summed E-state index contributed by atoms with van der Waals surface area (Å²) in [5, 5.41) is 5.39. The van der Waals surface area contributed by atoms with Gasteiger partial charge in [0.2, 0.25) is 11.8 Å². The lowest BCUT2D eigenvalue weighted by atomic mass is 10.1. The van der Waals surface area contributed by atoms with Gasteiger partial charge in [0, 0.05) is 13.0 Å². The van der Waals surface area contributed by atoms with Gasteiger partial charge in [0.05, 0.1) is 6.54 Å². The molecule has 0 fully saturated rings. The summed E-state index contributed by atoms with van der Waals surface area (Å²) in [5.41, 5.74) is 2.22. The van der Waals surface area contributed by atoms with Crippen molar-refractivity contribution in [3.63, 3.8) is 0 Å². The van der Waals surface area contributed by atoms with Crippen molar-refractivity contribution in [2.45, 2.75) is 33.7 Å². The molecule has 0 aliphatic rings. The van der Waals surface area contributed by atoms with Gasteiger partial charge in [-0.25, -0.2) is 0 Å². The molecule has 0 atom stereocenters. The Morgan fingerprint density at radius 1 is 1.16 bits per heavy atom. The number of benzene rings is 1. The van der Waals surface area contributed by atoms with Gasteiger partial charge >= 0.3 is 0 Å². The molecule has 104 valence electrons. The summed E-state index contributed by atoms with van der Waals surface area (Å²) in [5.74, 6) is 0.0506. The van der Waals surface area contributed by atoms with Crippen LogP contribution in [0.15, 0.2) is 24.3 Å². The summed E-state index contributed by atoms with van der Waals surface area (Å²) in [6.45, 7) is 6.48. The van der Waals surface area contributed by atoms with Gasteiger partial charge in [-0.15, -0.1) is 0 Å². The van der Waals surface area contributed by atoms with E-state index < -0.39 is 0 Å². The third-order valence-electron chi connectivity index (χ3n) is 2.61. The fraction of sp³-hybridized carbons (Fsp3) is 0.467. The van der Waals surface area contributed by atoms with Crippen molar-refractivity contribution in [1.82, 2.24) is 10.6 Å². The third-order valence-corrected chi connectivity index (χ3v) is 2.61.